The van der Waals surface area contributed by atoms with Crippen LogP contribution in [0.5, 0.6) is 5.75 Å². The Bertz CT molecular complexity index is 1160. The maximum absolute atomic E-state index is 12.7. The summed E-state index contributed by atoms with van der Waals surface area (Å²) in [4.78, 5) is 27.6. The fourth-order valence-electron chi connectivity index (χ4n) is 3.10. The van der Waals surface area contributed by atoms with Crippen molar-refractivity contribution in [1.29, 1.82) is 0 Å². The van der Waals surface area contributed by atoms with Crippen molar-refractivity contribution in [3.05, 3.63) is 78.1 Å². The largest absolute Gasteiger partial charge is 0.496 e. The highest BCUT2D eigenvalue weighted by Gasteiger charge is 2.13. The number of hydrogen-bond acceptors (Lipinski definition) is 7. The van der Waals surface area contributed by atoms with Gasteiger partial charge in [0.05, 0.1) is 19.0 Å². The Labute approximate surface area is 180 Å². The van der Waals surface area contributed by atoms with E-state index in [1.807, 2.05) is 48.2 Å². The van der Waals surface area contributed by atoms with Crippen LogP contribution in [0.15, 0.2) is 72.0 Å². The first-order chi connectivity index (χ1) is 15.1. The number of aromatic nitrogens is 2. The van der Waals surface area contributed by atoms with Gasteiger partial charge in [0.15, 0.2) is 0 Å². The van der Waals surface area contributed by atoms with Crippen molar-refractivity contribution in [3.8, 4) is 5.75 Å². The molecule has 2 aromatic carbocycles. The van der Waals surface area contributed by atoms with Gasteiger partial charge in [0, 0.05) is 30.3 Å². The Balaban J connectivity index is 1.53. The second kappa shape index (κ2) is 9.08. The Kier molecular flexibility index (Phi) is 5.89. The van der Waals surface area contributed by atoms with Crippen LogP contribution in [0.1, 0.15) is 15.9 Å². The molecule has 0 aliphatic carbocycles. The first-order valence-electron chi connectivity index (χ1n) is 9.74. The van der Waals surface area contributed by atoms with Gasteiger partial charge in [-0.25, -0.2) is 9.98 Å². The molecule has 0 saturated heterocycles. The van der Waals surface area contributed by atoms with E-state index in [9.17, 15) is 4.79 Å². The minimum Gasteiger partial charge on any atom is -0.496 e. The zero-order valence-electron chi connectivity index (χ0n) is 17.2. The van der Waals surface area contributed by atoms with Crippen molar-refractivity contribution in [2.45, 2.75) is 6.92 Å². The molecule has 1 amide bonds. The van der Waals surface area contributed by atoms with Crippen LogP contribution in [-0.2, 0) is 0 Å². The number of ether oxygens (including phenoxy) is 1. The number of rotatable bonds is 6. The van der Waals surface area contributed by atoms with Gasteiger partial charge in [-0.3, -0.25) is 4.79 Å². The van der Waals surface area contributed by atoms with Gasteiger partial charge < -0.3 is 20.3 Å². The maximum Gasteiger partial charge on any atom is 0.259 e. The lowest BCUT2D eigenvalue weighted by Gasteiger charge is -2.19. The highest BCUT2D eigenvalue weighted by atomic mass is 16.5. The van der Waals surface area contributed by atoms with E-state index in [4.69, 9.17) is 4.74 Å². The number of hydrogen-bond donors (Lipinski definition) is 2. The minimum atomic E-state index is -0.247. The van der Waals surface area contributed by atoms with E-state index in [1.165, 1.54) is 0 Å². The van der Waals surface area contributed by atoms with Crippen molar-refractivity contribution in [2.75, 3.05) is 29.2 Å². The molecule has 1 aliphatic rings. The van der Waals surface area contributed by atoms with Gasteiger partial charge in [0.2, 0.25) is 5.95 Å². The molecule has 1 aromatic heterocycles. The van der Waals surface area contributed by atoms with E-state index in [0.29, 0.717) is 29.5 Å². The molecule has 2 heterocycles. The number of aliphatic imine (C=N–C) groups is 1. The average molecular weight is 414 g/mol. The lowest BCUT2D eigenvalue weighted by atomic mass is 10.1. The van der Waals surface area contributed by atoms with E-state index < -0.39 is 0 Å². The number of benzene rings is 2. The molecule has 2 N–H and O–H groups in total. The van der Waals surface area contributed by atoms with Crippen LogP contribution in [0.2, 0.25) is 0 Å². The third-order valence-electron chi connectivity index (χ3n) is 4.73. The number of para-hydroxylation sites is 1. The van der Waals surface area contributed by atoms with Gasteiger partial charge in [-0.05, 0) is 48.9 Å². The number of carbonyl (C=O) groups is 1. The summed E-state index contributed by atoms with van der Waals surface area (Å²) in [5, 5.41) is 6.16. The van der Waals surface area contributed by atoms with Crippen LogP contribution in [0, 0.1) is 6.92 Å². The molecule has 0 unspecified atom stereocenters. The molecule has 8 heteroatoms. The number of carbonyl (C=O) groups excluding carboxylic acids is 1. The van der Waals surface area contributed by atoms with Gasteiger partial charge >= 0.3 is 0 Å². The number of nitrogens with one attached hydrogen (secondary N) is 2. The summed E-state index contributed by atoms with van der Waals surface area (Å²) in [7, 11) is 1.54. The van der Waals surface area contributed by atoms with Gasteiger partial charge in [-0.2, -0.15) is 4.98 Å². The van der Waals surface area contributed by atoms with E-state index in [-0.39, 0.29) is 5.91 Å². The van der Waals surface area contributed by atoms with Gasteiger partial charge in [0.1, 0.15) is 11.6 Å². The minimum absolute atomic E-state index is 0.247. The standard InChI is InChI=1S/C23H22N6O2/c1-16-8-9-17(26-22(30)18-6-3-4-7-20(18)31-2)14-19(16)27-23-25-12-10-21(28-23)29-13-5-11-24-15-29/h3-12,14-15H,13H2,1-2H3,(H,26,30)(H,25,27,28). The highest BCUT2D eigenvalue weighted by molar-refractivity contribution is 6.06. The lowest BCUT2D eigenvalue weighted by Crippen LogP contribution is -2.24. The summed E-state index contributed by atoms with van der Waals surface area (Å²) in [6.07, 6.45) is 7.13. The molecule has 1 aliphatic heterocycles. The highest BCUT2D eigenvalue weighted by Crippen LogP contribution is 2.25. The summed E-state index contributed by atoms with van der Waals surface area (Å²) in [6.45, 7) is 2.67. The third kappa shape index (κ3) is 4.69. The van der Waals surface area contributed by atoms with Gasteiger partial charge in [-0.15, -0.1) is 0 Å². The molecule has 4 rings (SSSR count). The van der Waals surface area contributed by atoms with E-state index in [0.717, 1.165) is 17.1 Å². The average Bonchev–Trinajstić information content (AvgIpc) is 2.82. The van der Waals surface area contributed by atoms with E-state index in [1.54, 1.807) is 44.0 Å². The van der Waals surface area contributed by atoms with Crippen LogP contribution in [0.25, 0.3) is 0 Å². The SMILES string of the molecule is COc1ccccc1C(=O)Nc1ccc(C)c(Nc2nccc(N3C=NC=CC3)n2)c1. The smallest absolute Gasteiger partial charge is 0.259 e. The fourth-order valence-corrected chi connectivity index (χ4v) is 3.10. The number of nitrogens with zero attached hydrogens (tertiary/aromatic N) is 4. The van der Waals surface area contributed by atoms with Crippen LogP contribution >= 0.6 is 0 Å². The first-order valence-corrected chi connectivity index (χ1v) is 9.74. The van der Waals surface area contributed by atoms with Crippen molar-refractivity contribution in [1.82, 2.24) is 9.97 Å². The Morgan fingerprint density at radius 3 is 2.84 bits per heavy atom. The van der Waals surface area contributed by atoms with Crippen LogP contribution in [0.3, 0.4) is 0 Å². The zero-order chi connectivity index (χ0) is 21.6. The van der Waals surface area contributed by atoms with Crippen LogP contribution in [0.4, 0.5) is 23.1 Å². The topological polar surface area (TPSA) is 91.7 Å². The summed E-state index contributed by atoms with van der Waals surface area (Å²) in [5.74, 6) is 1.47. The normalized spacial score (nSPS) is 12.5. The molecule has 0 spiro atoms. The molecule has 8 nitrogen and oxygen atoms in total. The number of aryl methyl sites for hydroxylation is 1. The van der Waals surface area contributed by atoms with Crippen molar-refractivity contribution in [2.24, 2.45) is 4.99 Å². The molecular formula is C23H22N6O2. The lowest BCUT2D eigenvalue weighted by molar-refractivity contribution is 0.102. The molecule has 0 radical (unpaired) electrons. The summed E-state index contributed by atoms with van der Waals surface area (Å²) < 4.78 is 5.28. The van der Waals surface area contributed by atoms with Crippen LogP contribution < -0.4 is 20.3 Å². The molecular weight excluding hydrogens is 392 g/mol. The molecule has 0 fully saturated rings. The molecule has 31 heavy (non-hydrogen) atoms. The van der Waals surface area contributed by atoms with Gasteiger partial charge in [0.25, 0.3) is 5.91 Å². The fraction of sp³-hybridized carbons (Fsp3) is 0.130. The predicted molar refractivity (Wildman–Crippen MR) is 122 cm³/mol. The summed E-state index contributed by atoms with van der Waals surface area (Å²) in [5.41, 5.74) is 2.90. The second-order valence-electron chi connectivity index (χ2n) is 6.85. The first kappa shape index (κ1) is 20.1. The second-order valence-corrected chi connectivity index (χ2v) is 6.85. The molecule has 3 aromatic rings. The van der Waals surface area contributed by atoms with Crippen molar-refractivity contribution in [3.63, 3.8) is 0 Å². The van der Waals surface area contributed by atoms with Crippen molar-refractivity contribution < 1.29 is 9.53 Å². The molecule has 156 valence electrons. The summed E-state index contributed by atoms with van der Waals surface area (Å²) in [6, 6.07) is 14.5. The van der Waals surface area contributed by atoms with Crippen LogP contribution in [-0.4, -0.2) is 35.9 Å². The Hall–Kier alpha value is -4.20. The Morgan fingerprint density at radius 2 is 2.03 bits per heavy atom. The number of amides is 1. The number of methoxy groups -OCH3 is 1. The third-order valence-corrected chi connectivity index (χ3v) is 4.73. The predicted octanol–water partition coefficient (Wildman–Crippen LogP) is 4.15. The number of anilines is 4. The monoisotopic (exact) mass is 414 g/mol. The zero-order valence-corrected chi connectivity index (χ0v) is 17.2. The Morgan fingerprint density at radius 1 is 1.16 bits per heavy atom. The molecule has 0 bridgehead atoms. The summed E-state index contributed by atoms with van der Waals surface area (Å²) >= 11 is 0. The maximum atomic E-state index is 12.7. The molecule has 0 atom stereocenters. The van der Waals surface area contributed by atoms with E-state index >= 15 is 0 Å². The quantitative estimate of drug-likeness (QED) is 0.630. The van der Waals surface area contributed by atoms with E-state index in [2.05, 4.69) is 25.6 Å². The molecule has 0 saturated carbocycles. The van der Waals surface area contributed by atoms with Crippen molar-refractivity contribution >= 4 is 35.4 Å². The van der Waals surface area contributed by atoms with Gasteiger partial charge in [-0.1, -0.05) is 18.2 Å².